The van der Waals surface area contributed by atoms with Crippen LogP contribution in [0.3, 0.4) is 0 Å². The number of hydrogen-bond donors (Lipinski definition) is 10. The van der Waals surface area contributed by atoms with Crippen LogP contribution in [0.2, 0.25) is 0 Å². The highest BCUT2D eigenvalue weighted by atomic mass is 16.5. The molecule has 2 aromatic heterocycles. The Hall–Kier alpha value is -11.7. The molecule has 6 aliphatic heterocycles. The van der Waals surface area contributed by atoms with Crippen molar-refractivity contribution in [3.05, 3.63) is 179 Å². The van der Waals surface area contributed by atoms with E-state index in [-0.39, 0.29) is 64.8 Å². The zero-order valence-corrected chi connectivity index (χ0v) is 63.2. The summed E-state index contributed by atoms with van der Waals surface area (Å²) in [6.07, 6.45) is 2.52. The molecule has 0 unspecified atom stereocenters. The topological polar surface area (TPSA) is 394 Å². The summed E-state index contributed by atoms with van der Waals surface area (Å²) in [4.78, 5) is 148. The van der Waals surface area contributed by atoms with Gasteiger partial charge >= 0.3 is 11.9 Å². The predicted molar refractivity (Wildman–Crippen MR) is 405 cm³/mol. The zero-order valence-electron chi connectivity index (χ0n) is 63.2. The summed E-state index contributed by atoms with van der Waals surface area (Å²) in [5.41, 5.74) is 1.21. The van der Waals surface area contributed by atoms with Gasteiger partial charge in [0.25, 0.3) is 0 Å². The van der Waals surface area contributed by atoms with Gasteiger partial charge in [-0.1, -0.05) is 161 Å². The third-order valence-corrected chi connectivity index (χ3v) is 20.6. The highest BCUT2D eigenvalue weighted by Gasteiger charge is 2.49. The van der Waals surface area contributed by atoms with E-state index in [0.29, 0.717) is 45.1 Å². The second-order valence-corrected chi connectivity index (χ2v) is 30.7. The number of aliphatic carboxylic acids is 2. The molecule has 2 saturated heterocycles. The lowest BCUT2D eigenvalue weighted by molar-refractivity contribution is -0.145. The maximum absolute atomic E-state index is 15.3. The summed E-state index contributed by atoms with van der Waals surface area (Å²) in [7, 11) is 3.22. The fourth-order valence-corrected chi connectivity index (χ4v) is 14.0. The van der Waals surface area contributed by atoms with Gasteiger partial charge in [-0.2, -0.15) is 0 Å². The lowest BCUT2D eigenvalue weighted by Gasteiger charge is -2.36. The van der Waals surface area contributed by atoms with Crippen LogP contribution in [0, 0.1) is 10.8 Å². The molecule has 0 radical (unpaired) electrons. The lowest BCUT2D eigenvalue weighted by atomic mass is 9.85. The van der Waals surface area contributed by atoms with E-state index in [1.807, 2.05) is 84.9 Å². The molecule has 8 amide bonds. The van der Waals surface area contributed by atoms with E-state index in [4.69, 9.17) is 9.47 Å². The second-order valence-electron chi connectivity index (χ2n) is 30.7. The first-order chi connectivity index (χ1) is 52.4. The third-order valence-electron chi connectivity index (χ3n) is 20.6. The van der Waals surface area contributed by atoms with Crippen molar-refractivity contribution in [2.24, 2.45) is 10.8 Å². The SMILES string of the molecule is CN[C@@H](C)C(=O)N[C@H](C(=O)N1C[C@@H]2C[C@H]1C(=O)N[C@@H](Cc1cccc3ccccc13)C(=O)N[C@H](C(=O)O)Cc1ccc(cc1)OCc1cn(nn1)[C@H]1C[C@@H](C(=O)N[C@@H](Cc3cccc4ccccc34)C(=O)N[C@H](C(=O)O)Cc3ccc(cc3)OCc3cn2nn3)N(C(=O)[C@@H](NC(=O)[C@H](C)NC)C(C)(C)C)C1)C(C)(C)C. The minimum Gasteiger partial charge on any atom is -0.487 e. The average molecular weight is 1510 g/mol. The highest BCUT2D eigenvalue weighted by Crippen LogP contribution is 2.35. The number of hydrogen-bond acceptors (Lipinski definition) is 18. The molecule has 110 heavy (non-hydrogen) atoms. The van der Waals surface area contributed by atoms with E-state index in [9.17, 15) is 39.0 Å². The number of carbonyl (C=O) groups is 10. The Kier molecular flexibility index (Phi) is 24.7. The van der Waals surface area contributed by atoms with Crippen molar-refractivity contribution in [2.45, 2.75) is 180 Å². The van der Waals surface area contributed by atoms with Crippen molar-refractivity contribution in [2.75, 3.05) is 27.2 Å². The molecular weight excluding hydrogens is 1410 g/mol. The summed E-state index contributed by atoms with van der Waals surface area (Å²) in [6.45, 7) is 13.6. The molecule has 0 saturated carbocycles. The average Bonchev–Trinajstić information content (AvgIpc) is 1.62. The van der Waals surface area contributed by atoms with Crippen molar-refractivity contribution >= 4 is 80.7 Å². The highest BCUT2D eigenvalue weighted by molar-refractivity contribution is 5.99. The van der Waals surface area contributed by atoms with Crippen molar-refractivity contribution in [3.63, 3.8) is 0 Å². The maximum atomic E-state index is 15.3. The molecule has 12 atom stereocenters. The van der Waals surface area contributed by atoms with Crippen LogP contribution in [-0.2, 0) is 86.8 Å². The third kappa shape index (κ3) is 19.1. The number of fused-ring (bicyclic) bond motifs is 2. The van der Waals surface area contributed by atoms with E-state index >= 15 is 19.2 Å². The number of amides is 8. The molecule has 2 fully saturated rings. The van der Waals surface area contributed by atoms with Gasteiger partial charge in [0.2, 0.25) is 47.3 Å². The minimum absolute atomic E-state index is 0.0434. The number of aromatic nitrogens is 6. The normalized spacial score (nSPS) is 21.7. The van der Waals surface area contributed by atoms with Gasteiger partial charge in [0.05, 0.1) is 36.6 Å². The summed E-state index contributed by atoms with van der Waals surface area (Å²) in [6, 6.07) is 25.6. The number of carboxylic acids is 2. The van der Waals surface area contributed by atoms with Crippen LogP contribution in [0.25, 0.3) is 21.5 Å². The standard InChI is InChI=1S/C80H96N16O14/c1-45(81-9)69(97)87-67(79(3,4)5)75(103)93-41-55-37-65(93)73(101)83-61(35-51-21-15-19-49-17-11-13-23-59(49)51)71(99)85-63(77(105)106)33-47-27-31-58(32-28-47)110-44-54-40-96(92-90-54)56-38-66(94(42-56)76(104)68(80(6,7)8)88-70(98)46(2)82-10)74(102)84-62(36-52-22-16-20-50-18-12-14-24-60(50)52)72(100)86-64(78(107)108)34-48-25-29-57(30-26-48)109-43-53-39-95(55)91-89-53/h11-32,39-40,45-46,55-56,61-68,81-82H,33-38,41-44H2,1-10H3,(H,83,101)(H,84,102)(H,85,99)(H,86,100)(H,87,97)(H,88,98)(H,105,106)(H,107,108)/t45-,46-,55-,56-,61-,62-,63-,64-,65-,66-,67+,68+/m0/s1. The quantitative estimate of drug-likeness (QED) is 0.0726. The number of nitrogens with zero attached hydrogens (tertiary/aromatic N) is 8. The molecule has 14 rings (SSSR count). The van der Waals surface area contributed by atoms with Crippen LogP contribution in [0.15, 0.2) is 146 Å². The molecule has 12 bridgehead atoms. The fourth-order valence-electron chi connectivity index (χ4n) is 14.0. The minimum atomic E-state index is -1.52. The van der Waals surface area contributed by atoms with E-state index in [2.05, 4.69) is 63.2 Å². The molecule has 6 aliphatic rings. The number of carboxylic acid groups (broad SMARTS) is 2. The predicted octanol–water partition coefficient (Wildman–Crippen LogP) is 4.29. The number of likely N-dealkylation sites (tertiary alicyclic amines) is 2. The molecule has 10 N–H and O–H groups in total. The summed E-state index contributed by atoms with van der Waals surface area (Å²) in [5, 5.41) is 65.4. The maximum Gasteiger partial charge on any atom is 0.326 e. The van der Waals surface area contributed by atoms with Gasteiger partial charge in [-0.25, -0.2) is 19.0 Å². The van der Waals surface area contributed by atoms with Crippen molar-refractivity contribution in [1.29, 1.82) is 0 Å². The van der Waals surface area contributed by atoms with Gasteiger partial charge in [-0.3, -0.25) is 38.4 Å². The summed E-state index contributed by atoms with van der Waals surface area (Å²) >= 11 is 0. The summed E-state index contributed by atoms with van der Waals surface area (Å²) < 4.78 is 15.4. The van der Waals surface area contributed by atoms with Gasteiger partial charge in [0.1, 0.15) is 84.4 Å². The van der Waals surface area contributed by atoms with E-state index in [0.717, 1.165) is 21.5 Å². The van der Waals surface area contributed by atoms with Gasteiger partial charge in [-0.05, 0) is 107 Å². The van der Waals surface area contributed by atoms with Crippen LogP contribution in [0.4, 0.5) is 0 Å². The lowest BCUT2D eigenvalue weighted by Crippen LogP contribution is -2.60. The number of rotatable bonds is 14. The molecule has 0 spiro atoms. The van der Waals surface area contributed by atoms with E-state index < -0.39 is 143 Å². The van der Waals surface area contributed by atoms with Crippen LogP contribution >= 0.6 is 0 Å². The Morgan fingerprint density at radius 3 is 1.22 bits per heavy atom. The number of ether oxygens (including phenoxy) is 2. The van der Waals surface area contributed by atoms with Crippen molar-refractivity contribution < 1.29 is 67.6 Å². The number of carbonyl (C=O) groups excluding carboxylic acids is 8. The van der Waals surface area contributed by atoms with Crippen LogP contribution in [-0.4, -0.2) is 197 Å². The first-order valence-corrected chi connectivity index (χ1v) is 36.8. The Morgan fingerprint density at radius 1 is 0.500 bits per heavy atom. The fraction of sp³-hybridized carbons (Fsp3) is 0.425. The Labute approximate surface area is 636 Å². The number of likely N-dealkylation sites (N-methyl/N-ethyl adjacent to an activating group) is 2. The molecule has 30 heteroatoms. The number of benzene rings is 6. The first kappa shape index (κ1) is 79.4. The molecule has 30 nitrogen and oxygen atoms in total. The van der Waals surface area contributed by atoms with Gasteiger partial charge in [0.15, 0.2) is 0 Å². The second kappa shape index (κ2) is 34.3. The molecule has 0 aliphatic carbocycles. The zero-order chi connectivity index (χ0) is 78.9. The Morgan fingerprint density at radius 2 is 0.864 bits per heavy atom. The van der Waals surface area contributed by atoms with Crippen LogP contribution in [0.5, 0.6) is 11.5 Å². The molecule has 6 aromatic carbocycles. The molecular formula is C80H96N16O14. The van der Waals surface area contributed by atoms with Gasteiger partial charge < -0.3 is 72.0 Å². The monoisotopic (exact) mass is 1500 g/mol. The smallest absolute Gasteiger partial charge is 0.326 e. The van der Waals surface area contributed by atoms with E-state index in [1.165, 1.54) is 19.2 Å². The van der Waals surface area contributed by atoms with Crippen LogP contribution in [0.1, 0.15) is 114 Å². The number of nitrogens with one attached hydrogen (secondary N) is 8. The van der Waals surface area contributed by atoms with E-state index in [1.54, 1.807) is 130 Å². The molecule has 8 aromatic rings. The summed E-state index contributed by atoms with van der Waals surface area (Å²) in [5.74, 6) is -7.23. The molecule has 580 valence electrons. The Balaban J connectivity index is 0.928. The molecule has 8 heterocycles. The van der Waals surface area contributed by atoms with Gasteiger partial charge in [-0.15, -0.1) is 10.2 Å². The largest absolute Gasteiger partial charge is 0.487 e. The van der Waals surface area contributed by atoms with Crippen molar-refractivity contribution in [3.8, 4) is 11.5 Å². The van der Waals surface area contributed by atoms with Crippen LogP contribution < -0.4 is 52.0 Å². The van der Waals surface area contributed by atoms with Gasteiger partial charge in [0, 0.05) is 51.6 Å². The first-order valence-electron chi connectivity index (χ1n) is 36.8. The van der Waals surface area contributed by atoms with Crippen molar-refractivity contribution in [1.82, 2.24) is 82.3 Å². The Bertz CT molecular complexity index is 4400.